The molecule has 21 heteroatoms. The first kappa shape index (κ1) is 56.9. The van der Waals surface area contributed by atoms with Crippen molar-refractivity contribution in [2.45, 2.75) is 76.6 Å². The third-order valence-electron chi connectivity index (χ3n) is 11.2. The zero-order valence-electron chi connectivity index (χ0n) is 40.7. The van der Waals surface area contributed by atoms with Gasteiger partial charge < -0.3 is 71.2 Å². The molecule has 0 fully saturated rings. The lowest BCUT2D eigenvalue weighted by Crippen LogP contribution is -2.58. The molecule has 0 radical (unpaired) electrons. The summed E-state index contributed by atoms with van der Waals surface area (Å²) in [4.78, 5) is 89.2. The van der Waals surface area contributed by atoms with E-state index in [1.165, 1.54) is 7.11 Å². The maximum Gasteiger partial charge on any atom is 0.407 e. The molecule has 0 saturated heterocycles. The highest BCUT2D eigenvalue weighted by Crippen LogP contribution is 2.44. The number of carbonyl (C=O) groups excluding carboxylic acids is 7. The first-order valence-electron chi connectivity index (χ1n) is 23.7. The topological polar surface area (TPSA) is 293 Å². The summed E-state index contributed by atoms with van der Waals surface area (Å²) >= 11 is 0. The van der Waals surface area contributed by atoms with Crippen LogP contribution in [0.25, 0.3) is 11.1 Å². The van der Waals surface area contributed by atoms with Crippen molar-refractivity contribution in [1.82, 2.24) is 26.6 Å². The van der Waals surface area contributed by atoms with Crippen LogP contribution >= 0.6 is 0 Å². The Balaban J connectivity index is 1.09. The Bertz CT molecular complexity index is 2130. The predicted octanol–water partition coefficient (Wildman–Crippen LogP) is 2.62. The number of fused-ring (bicyclic) bond motifs is 3. The first-order valence-corrected chi connectivity index (χ1v) is 23.7. The van der Waals surface area contributed by atoms with Crippen molar-refractivity contribution < 1.29 is 67.1 Å². The molecule has 0 spiro atoms. The number of anilines is 1. The second kappa shape index (κ2) is 31.6. The average Bonchev–Trinajstić information content (AvgIpc) is 3.68. The number of hydrogen-bond acceptors (Lipinski definition) is 14. The molecule has 9 N–H and O–H groups in total. The Labute approximate surface area is 413 Å². The van der Waals surface area contributed by atoms with E-state index in [4.69, 9.17) is 34.2 Å². The molecule has 0 saturated carbocycles. The standard InChI is InChI=1S/C50H69N7O14/c1-33(2)45(48(63)56-41(13-8-21-52-49(51)64)46(61)54-35-16-14-34(31-58)15-17-35)57-47(62)42(18-19-44(60)66-3)55-43(59)20-23-67-25-27-69-29-30-70-28-26-68-24-22-53-50(65)71-32-40-38-11-6-4-9-36(38)37-10-5-7-12-39(37)40/h4-7,9-12,14-17,33,40-42,45,58H,8,13,18-32H2,1-3H3,(H,53,65)(H,54,61)(H,55,59)(H,56,63)(H,57,62)(H3,51,52,64)/t41-,42+,45-/m0/s1. The van der Waals surface area contributed by atoms with E-state index in [0.717, 1.165) is 22.3 Å². The number of urea groups is 1. The summed E-state index contributed by atoms with van der Waals surface area (Å²) < 4.78 is 32.4. The molecule has 1 aliphatic rings. The van der Waals surface area contributed by atoms with Crippen LogP contribution in [0.5, 0.6) is 0 Å². The molecule has 388 valence electrons. The summed E-state index contributed by atoms with van der Waals surface area (Å²) in [5.41, 5.74) is 10.8. The van der Waals surface area contributed by atoms with Crippen LogP contribution in [0, 0.1) is 5.92 Å². The van der Waals surface area contributed by atoms with Crippen LogP contribution in [0.1, 0.15) is 68.6 Å². The molecule has 3 aromatic carbocycles. The number of rotatable bonds is 33. The number of ether oxygens (including phenoxy) is 6. The molecule has 0 aromatic heterocycles. The largest absolute Gasteiger partial charge is 0.469 e. The number of esters is 1. The number of nitrogens with two attached hydrogens (primary N) is 1. The van der Waals surface area contributed by atoms with Gasteiger partial charge in [-0.25, -0.2) is 9.59 Å². The molecule has 7 amide bonds. The van der Waals surface area contributed by atoms with Crippen LogP contribution in [0.2, 0.25) is 0 Å². The maximum atomic E-state index is 13.7. The zero-order chi connectivity index (χ0) is 51.4. The van der Waals surface area contributed by atoms with Crippen molar-refractivity contribution in [2.75, 3.05) is 85.0 Å². The maximum absolute atomic E-state index is 13.7. The van der Waals surface area contributed by atoms with Crippen LogP contribution in [-0.4, -0.2) is 145 Å². The van der Waals surface area contributed by atoms with Gasteiger partial charge in [0, 0.05) is 37.5 Å². The molecule has 71 heavy (non-hydrogen) atoms. The molecule has 1 aliphatic carbocycles. The van der Waals surface area contributed by atoms with Gasteiger partial charge in [-0.05, 0) is 65.1 Å². The molecule has 0 heterocycles. The number of aliphatic hydroxyl groups excluding tert-OH is 1. The third-order valence-corrected chi connectivity index (χ3v) is 11.2. The summed E-state index contributed by atoms with van der Waals surface area (Å²) in [6, 6.07) is 18.5. The number of nitrogens with one attached hydrogen (secondary N) is 6. The van der Waals surface area contributed by atoms with E-state index in [2.05, 4.69) is 56.2 Å². The highest BCUT2D eigenvalue weighted by molar-refractivity contribution is 5.99. The zero-order valence-corrected chi connectivity index (χ0v) is 40.7. The lowest BCUT2D eigenvalue weighted by molar-refractivity contribution is -0.141. The summed E-state index contributed by atoms with van der Waals surface area (Å²) in [5, 5.41) is 25.2. The smallest absolute Gasteiger partial charge is 0.407 e. The van der Waals surface area contributed by atoms with E-state index in [9.17, 15) is 38.7 Å². The molecule has 21 nitrogen and oxygen atoms in total. The van der Waals surface area contributed by atoms with E-state index in [1.54, 1.807) is 38.1 Å². The van der Waals surface area contributed by atoms with Crippen LogP contribution in [0.15, 0.2) is 72.8 Å². The Morgan fingerprint density at radius 3 is 1.79 bits per heavy atom. The molecule has 0 aliphatic heterocycles. The number of hydrogen-bond donors (Lipinski definition) is 8. The highest BCUT2D eigenvalue weighted by atomic mass is 16.6. The van der Waals surface area contributed by atoms with Gasteiger partial charge in [0.1, 0.15) is 24.7 Å². The van der Waals surface area contributed by atoms with Crippen molar-refractivity contribution in [3.63, 3.8) is 0 Å². The summed E-state index contributed by atoms with van der Waals surface area (Å²) in [6.07, 6.45) is -0.603. The fourth-order valence-electron chi connectivity index (χ4n) is 7.46. The summed E-state index contributed by atoms with van der Waals surface area (Å²) in [6.45, 7) is 5.79. The van der Waals surface area contributed by atoms with Gasteiger partial charge in [-0.2, -0.15) is 0 Å². The normalized spacial score (nSPS) is 12.9. The SMILES string of the molecule is COC(=O)CC[C@@H](NC(=O)CCOCCOCCOCCOCCNC(=O)OCC1c2ccccc2-c2ccccc21)C(=O)N[C@H](C(=O)N[C@@H](CCCNC(N)=O)C(=O)Nc1ccc(CO)cc1)C(C)C. The quantitative estimate of drug-likeness (QED) is 0.0322. The minimum Gasteiger partial charge on any atom is -0.469 e. The monoisotopic (exact) mass is 991 g/mol. The van der Waals surface area contributed by atoms with Crippen molar-refractivity contribution in [3.05, 3.63) is 89.5 Å². The molecule has 4 rings (SSSR count). The van der Waals surface area contributed by atoms with Gasteiger partial charge >= 0.3 is 18.1 Å². The van der Waals surface area contributed by atoms with Crippen LogP contribution in [0.4, 0.5) is 15.3 Å². The second-order valence-electron chi connectivity index (χ2n) is 16.8. The van der Waals surface area contributed by atoms with Crippen molar-refractivity contribution in [2.24, 2.45) is 11.7 Å². The average molecular weight is 992 g/mol. The first-order chi connectivity index (χ1) is 34.3. The van der Waals surface area contributed by atoms with E-state index < -0.39 is 65.8 Å². The lowest BCUT2D eigenvalue weighted by Gasteiger charge is -2.27. The number of primary amides is 1. The van der Waals surface area contributed by atoms with Gasteiger partial charge in [0.2, 0.25) is 23.6 Å². The third kappa shape index (κ3) is 20.3. The molecule has 3 aromatic rings. The second-order valence-corrected chi connectivity index (χ2v) is 16.8. The van der Waals surface area contributed by atoms with Crippen molar-refractivity contribution >= 4 is 47.4 Å². The number of aliphatic hydroxyl groups is 1. The van der Waals surface area contributed by atoms with Crippen LogP contribution in [-0.2, 0) is 59.0 Å². The van der Waals surface area contributed by atoms with Crippen molar-refractivity contribution in [3.8, 4) is 11.1 Å². The van der Waals surface area contributed by atoms with E-state index in [1.807, 2.05) is 24.3 Å². The molecular formula is C50H69N7O14. The molecule has 0 unspecified atom stereocenters. The van der Waals surface area contributed by atoms with E-state index in [0.29, 0.717) is 37.7 Å². The summed E-state index contributed by atoms with van der Waals surface area (Å²) in [7, 11) is 1.19. The number of alkyl carbamates (subject to hydrolysis) is 1. The van der Waals surface area contributed by atoms with Gasteiger partial charge in [-0.15, -0.1) is 0 Å². The Morgan fingerprint density at radius 2 is 1.21 bits per heavy atom. The number of methoxy groups -OCH3 is 1. The van der Waals surface area contributed by atoms with E-state index >= 15 is 0 Å². The Kier molecular flexibility index (Phi) is 25.3. The van der Waals surface area contributed by atoms with Gasteiger partial charge in [-0.3, -0.25) is 24.0 Å². The van der Waals surface area contributed by atoms with Gasteiger partial charge in [-0.1, -0.05) is 74.5 Å². The predicted molar refractivity (Wildman–Crippen MR) is 261 cm³/mol. The minimum atomic E-state index is -1.23. The number of amides is 7. The fourth-order valence-corrected chi connectivity index (χ4v) is 7.46. The lowest BCUT2D eigenvalue weighted by atomic mass is 9.98. The fraction of sp³-hybridized carbons (Fsp3) is 0.500. The minimum absolute atomic E-state index is 0.00550. The van der Waals surface area contributed by atoms with Crippen LogP contribution in [0.3, 0.4) is 0 Å². The summed E-state index contributed by atoms with van der Waals surface area (Å²) in [5.74, 6) is -3.64. The molecular weight excluding hydrogens is 923 g/mol. The van der Waals surface area contributed by atoms with Crippen molar-refractivity contribution in [1.29, 1.82) is 0 Å². The Hall–Kier alpha value is -6.65. The van der Waals surface area contributed by atoms with Gasteiger partial charge in [0.15, 0.2) is 0 Å². The Morgan fingerprint density at radius 1 is 0.634 bits per heavy atom. The number of benzene rings is 3. The number of carbonyl (C=O) groups is 7. The molecule has 0 bridgehead atoms. The highest BCUT2D eigenvalue weighted by Gasteiger charge is 2.32. The molecule has 3 atom stereocenters. The van der Waals surface area contributed by atoms with Gasteiger partial charge in [0.05, 0.1) is 66.6 Å². The van der Waals surface area contributed by atoms with Crippen LogP contribution < -0.4 is 37.6 Å². The van der Waals surface area contributed by atoms with E-state index in [-0.39, 0.29) is 90.8 Å². The van der Waals surface area contributed by atoms with Gasteiger partial charge in [0.25, 0.3) is 0 Å².